The van der Waals surface area contributed by atoms with Crippen molar-refractivity contribution in [1.82, 2.24) is 4.90 Å². The summed E-state index contributed by atoms with van der Waals surface area (Å²) >= 11 is 6.05. The van der Waals surface area contributed by atoms with Crippen LogP contribution in [0, 0.1) is 5.92 Å². The molecular weight excluding hydrogens is 318 g/mol. The highest BCUT2D eigenvalue weighted by Crippen LogP contribution is 2.35. The van der Waals surface area contributed by atoms with Gasteiger partial charge in [0.15, 0.2) is 0 Å². The van der Waals surface area contributed by atoms with Gasteiger partial charge in [-0.1, -0.05) is 61.0 Å². The Morgan fingerprint density at radius 1 is 1.04 bits per heavy atom. The maximum atomic E-state index is 11.7. The van der Waals surface area contributed by atoms with Crippen LogP contribution in [-0.4, -0.2) is 29.6 Å². The Kier molecular flexibility index (Phi) is 5.60. The molecule has 1 N–H and O–H groups in total. The summed E-state index contributed by atoms with van der Waals surface area (Å²) in [5.41, 5.74) is 1.21. The maximum absolute atomic E-state index is 11.7. The van der Waals surface area contributed by atoms with Crippen LogP contribution in [-0.2, 0) is 12.0 Å². The zero-order chi connectivity index (χ0) is 17.0. The first-order chi connectivity index (χ1) is 11.6. The van der Waals surface area contributed by atoms with E-state index in [1.54, 1.807) is 0 Å². The van der Waals surface area contributed by atoms with Gasteiger partial charge in [-0.25, -0.2) is 0 Å². The smallest absolute Gasteiger partial charge is 0.0974 e. The van der Waals surface area contributed by atoms with Crippen LogP contribution in [0.4, 0.5) is 0 Å². The molecule has 1 saturated heterocycles. The topological polar surface area (TPSA) is 23.5 Å². The second-order valence-corrected chi connectivity index (χ2v) is 7.44. The molecule has 0 saturated carbocycles. The Balaban J connectivity index is 1.88. The number of hydrogen-bond donors (Lipinski definition) is 1. The molecule has 2 nitrogen and oxygen atoms in total. The number of benzene rings is 2. The molecule has 2 aromatic rings. The molecule has 0 radical (unpaired) electrons. The average molecular weight is 344 g/mol. The molecule has 1 heterocycles. The number of halogens is 1. The molecule has 3 rings (SSSR count). The Hall–Kier alpha value is -1.35. The first-order valence-corrected chi connectivity index (χ1v) is 9.20. The zero-order valence-corrected chi connectivity index (χ0v) is 15.0. The van der Waals surface area contributed by atoms with Gasteiger partial charge in [0.25, 0.3) is 0 Å². The average Bonchev–Trinajstić information content (AvgIpc) is 3.09. The van der Waals surface area contributed by atoms with E-state index in [0.29, 0.717) is 11.4 Å². The van der Waals surface area contributed by atoms with E-state index in [2.05, 4.69) is 24.0 Å². The van der Waals surface area contributed by atoms with Gasteiger partial charge in [-0.3, -0.25) is 0 Å². The van der Waals surface area contributed by atoms with Crippen molar-refractivity contribution in [2.45, 2.75) is 31.8 Å². The standard InChI is InChI=1S/C21H26ClNO/c1-17(16-23-13-5-6-14-23)21(24,15-18-7-3-2-4-8-18)19-9-11-20(22)12-10-19/h2-4,7-12,17,24H,5-6,13-16H2,1H3/t17-,21+/m1/s1. The minimum Gasteiger partial charge on any atom is -0.384 e. The van der Waals surface area contributed by atoms with Gasteiger partial charge in [0.2, 0.25) is 0 Å². The fourth-order valence-corrected chi connectivity index (χ4v) is 3.84. The number of nitrogens with zero attached hydrogens (tertiary/aromatic N) is 1. The summed E-state index contributed by atoms with van der Waals surface area (Å²) in [5, 5.41) is 12.4. The molecule has 1 aliphatic heterocycles. The molecule has 0 bridgehead atoms. The number of rotatable bonds is 6. The van der Waals surface area contributed by atoms with Gasteiger partial charge < -0.3 is 10.0 Å². The maximum Gasteiger partial charge on any atom is 0.0974 e. The van der Waals surface area contributed by atoms with Crippen LogP contribution < -0.4 is 0 Å². The van der Waals surface area contributed by atoms with Crippen LogP contribution in [0.3, 0.4) is 0 Å². The minimum atomic E-state index is -0.894. The predicted molar refractivity (Wildman–Crippen MR) is 100 cm³/mol. The Bertz CT molecular complexity index is 637. The minimum absolute atomic E-state index is 0.136. The van der Waals surface area contributed by atoms with Crippen molar-refractivity contribution in [2.24, 2.45) is 5.92 Å². The van der Waals surface area contributed by atoms with E-state index in [1.807, 2.05) is 42.5 Å². The van der Waals surface area contributed by atoms with Crippen molar-refractivity contribution in [3.05, 3.63) is 70.7 Å². The second-order valence-electron chi connectivity index (χ2n) is 7.00. The van der Waals surface area contributed by atoms with Crippen LogP contribution in [0.15, 0.2) is 54.6 Å². The molecule has 0 aliphatic carbocycles. The number of aliphatic hydroxyl groups is 1. The van der Waals surface area contributed by atoms with E-state index in [1.165, 1.54) is 12.8 Å². The molecule has 2 atom stereocenters. The molecule has 128 valence electrons. The van der Waals surface area contributed by atoms with Gasteiger partial charge in [-0.2, -0.15) is 0 Å². The highest BCUT2D eigenvalue weighted by Gasteiger charge is 2.37. The van der Waals surface area contributed by atoms with E-state index in [4.69, 9.17) is 11.6 Å². The highest BCUT2D eigenvalue weighted by molar-refractivity contribution is 6.30. The SMILES string of the molecule is C[C@H](CN1CCCC1)[C@@](O)(Cc1ccccc1)c1ccc(Cl)cc1. The van der Waals surface area contributed by atoms with Gasteiger partial charge in [-0.05, 0) is 49.2 Å². The van der Waals surface area contributed by atoms with Crippen molar-refractivity contribution in [1.29, 1.82) is 0 Å². The second kappa shape index (κ2) is 7.69. The molecule has 1 aliphatic rings. The summed E-state index contributed by atoms with van der Waals surface area (Å²) in [7, 11) is 0. The zero-order valence-electron chi connectivity index (χ0n) is 14.3. The predicted octanol–water partition coefficient (Wildman–Crippen LogP) is 4.50. The van der Waals surface area contributed by atoms with Crippen molar-refractivity contribution in [2.75, 3.05) is 19.6 Å². The first kappa shape index (κ1) is 17.5. The van der Waals surface area contributed by atoms with Gasteiger partial charge in [0.1, 0.15) is 0 Å². The normalized spacial score (nSPS) is 19.1. The first-order valence-electron chi connectivity index (χ1n) is 8.82. The Morgan fingerprint density at radius 3 is 2.29 bits per heavy atom. The Labute approximate surface area is 150 Å². The molecular formula is C21H26ClNO. The lowest BCUT2D eigenvalue weighted by Gasteiger charge is -2.37. The molecule has 0 aromatic heterocycles. The fraction of sp³-hybridized carbons (Fsp3) is 0.429. The fourth-order valence-electron chi connectivity index (χ4n) is 3.71. The molecule has 2 aromatic carbocycles. The van der Waals surface area contributed by atoms with Crippen LogP contribution in [0.25, 0.3) is 0 Å². The summed E-state index contributed by atoms with van der Waals surface area (Å²) < 4.78 is 0. The molecule has 0 unspecified atom stereocenters. The lowest BCUT2D eigenvalue weighted by Crippen LogP contribution is -2.42. The summed E-state index contributed by atoms with van der Waals surface area (Å²) in [5.74, 6) is 0.136. The lowest BCUT2D eigenvalue weighted by molar-refractivity contribution is -0.0277. The third kappa shape index (κ3) is 4.00. The van der Waals surface area contributed by atoms with Gasteiger partial charge in [0, 0.05) is 23.9 Å². The summed E-state index contributed by atoms with van der Waals surface area (Å²) in [6.07, 6.45) is 3.15. The van der Waals surface area contributed by atoms with Gasteiger partial charge >= 0.3 is 0 Å². The van der Waals surface area contributed by atoms with Crippen molar-refractivity contribution in [3.8, 4) is 0 Å². The van der Waals surface area contributed by atoms with Crippen LogP contribution in [0.1, 0.15) is 30.9 Å². The van der Waals surface area contributed by atoms with E-state index < -0.39 is 5.60 Å². The Morgan fingerprint density at radius 2 is 1.67 bits per heavy atom. The van der Waals surface area contributed by atoms with Crippen molar-refractivity contribution >= 4 is 11.6 Å². The summed E-state index contributed by atoms with van der Waals surface area (Å²) in [6.45, 7) is 5.38. The third-order valence-electron chi connectivity index (χ3n) is 5.21. The summed E-state index contributed by atoms with van der Waals surface area (Å²) in [6, 6.07) is 17.9. The van der Waals surface area contributed by atoms with Crippen LogP contribution >= 0.6 is 11.6 Å². The molecule has 24 heavy (non-hydrogen) atoms. The quantitative estimate of drug-likeness (QED) is 0.834. The third-order valence-corrected chi connectivity index (χ3v) is 5.46. The lowest BCUT2D eigenvalue weighted by atomic mass is 9.77. The number of hydrogen-bond acceptors (Lipinski definition) is 2. The number of likely N-dealkylation sites (tertiary alicyclic amines) is 1. The van der Waals surface area contributed by atoms with Gasteiger partial charge in [-0.15, -0.1) is 0 Å². The highest BCUT2D eigenvalue weighted by atomic mass is 35.5. The molecule has 0 spiro atoms. The molecule has 0 amide bonds. The van der Waals surface area contributed by atoms with E-state index in [9.17, 15) is 5.11 Å². The largest absolute Gasteiger partial charge is 0.384 e. The van der Waals surface area contributed by atoms with E-state index in [-0.39, 0.29) is 5.92 Å². The summed E-state index contributed by atoms with van der Waals surface area (Å²) in [4.78, 5) is 2.47. The molecule has 3 heteroatoms. The van der Waals surface area contributed by atoms with E-state index >= 15 is 0 Å². The van der Waals surface area contributed by atoms with Crippen LogP contribution in [0.5, 0.6) is 0 Å². The van der Waals surface area contributed by atoms with Crippen molar-refractivity contribution in [3.63, 3.8) is 0 Å². The van der Waals surface area contributed by atoms with Crippen LogP contribution in [0.2, 0.25) is 5.02 Å². The van der Waals surface area contributed by atoms with Gasteiger partial charge in [0.05, 0.1) is 5.60 Å². The molecule has 1 fully saturated rings. The van der Waals surface area contributed by atoms with Crippen molar-refractivity contribution < 1.29 is 5.11 Å². The monoisotopic (exact) mass is 343 g/mol. The van der Waals surface area contributed by atoms with E-state index in [0.717, 1.165) is 30.8 Å².